The molecule has 1 N–H and O–H groups in total. The van der Waals surface area contributed by atoms with E-state index in [1.54, 1.807) is 37.4 Å². The summed E-state index contributed by atoms with van der Waals surface area (Å²) in [5, 5.41) is 17.7. The van der Waals surface area contributed by atoms with E-state index in [2.05, 4.69) is 10.4 Å². The molecule has 0 radical (unpaired) electrons. The van der Waals surface area contributed by atoms with E-state index in [9.17, 15) is 19.7 Å². The largest absolute Gasteiger partial charge is 0.461 e. The van der Waals surface area contributed by atoms with Crippen molar-refractivity contribution >= 4 is 34.9 Å². The van der Waals surface area contributed by atoms with Gasteiger partial charge in [-0.2, -0.15) is 5.10 Å². The van der Waals surface area contributed by atoms with Crippen molar-refractivity contribution in [1.29, 1.82) is 0 Å². The van der Waals surface area contributed by atoms with Crippen LogP contribution in [0.2, 0.25) is 5.02 Å². The number of carbonyl (C=O) groups excluding carboxylic acids is 2. The van der Waals surface area contributed by atoms with Gasteiger partial charge < -0.3 is 10.1 Å². The number of anilines is 1. The van der Waals surface area contributed by atoms with E-state index in [4.69, 9.17) is 16.3 Å². The maximum Gasteiger partial charge on any atom is 0.358 e. The summed E-state index contributed by atoms with van der Waals surface area (Å²) in [7, 11) is 0. The van der Waals surface area contributed by atoms with Crippen LogP contribution >= 0.6 is 11.6 Å². The smallest absolute Gasteiger partial charge is 0.358 e. The standard InChI is InChI=1S/C19H15ClN4O5/c1-2-29-19(26)16-9-10-23(22-16)17-6-4-3-5-15(17)21-18(25)13-8-7-12(24(27)28)11-14(13)20/h3-11H,2H2,1H3,(H,21,25). The zero-order valence-corrected chi connectivity index (χ0v) is 15.9. The summed E-state index contributed by atoms with van der Waals surface area (Å²) < 4.78 is 6.35. The predicted octanol–water partition coefficient (Wildman–Crippen LogP) is 3.86. The number of hydrogen-bond acceptors (Lipinski definition) is 6. The van der Waals surface area contributed by atoms with Crippen LogP contribution in [0.4, 0.5) is 11.4 Å². The highest BCUT2D eigenvalue weighted by molar-refractivity contribution is 6.34. The Hall–Kier alpha value is -3.72. The van der Waals surface area contributed by atoms with Crippen molar-refractivity contribution in [2.24, 2.45) is 0 Å². The molecule has 1 heterocycles. The van der Waals surface area contributed by atoms with Gasteiger partial charge in [-0.3, -0.25) is 14.9 Å². The summed E-state index contributed by atoms with van der Waals surface area (Å²) in [5.41, 5.74) is 0.918. The molecule has 0 fully saturated rings. The fourth-order valence-corrected chi connectivity index (χ4v) is 2.80. The maximum atomic E-state index is 12.6. The van der Waals surface area contributed by atoms with Gasteiger partial charge >= 0.3 is 5.97 Å². The molecule has 0 spiro atoms. The van der Waals surface area contributed by atoms with Gasteiger partial charge in [-0.1, -0.05) is 23.7 Å². The van der Waals surface area contributed by atoms with Crippen LogP contribution in [0.15, 0.2) is 54.7 Å². The molecule has 1 aromatic heterocycles. The highest BCUT2D eigenvalue weighted by Crippen LogP contribution is 2.25. The Morgan fingerprint density at radius 1 is 1.24 bits per heavy atom. The Morgan fingerprint density at radius 3 is 2.69 bits per heavy atom. The number of halogens is 1. The minimum atomic E-state index is -0.596. The second-order valence-corrected chi connectivity index (χ2v) is 6.17. The van der Waals surface area contributed by atoms with Crippen LogP contribution in [-0.2, 0) is 4.74 Å². The quantitative estimate of drug-likeness (QED) is 0.372. The van der Waals surface area contributed by atoms with Gasteiger partial charge in [0.05, 0.1) is 33.5 Å². The second kappa shape index (κ2) is 8.53. The van der Waals surface area contributed by atoms with Crippen molar-refractivity contribution in [1.82, 2.24) is 9.78 Å². The van der Waals surface area contributed by atoms with Gasteiger partial charge in [-0.25, -0.2) is 9.48 Å². The fourth-order valence-electron chi connectivity index (χ4n) is 2.54. The number of ether oxygens (including phenoxy) is 1. The molecule has 0 saturated heterocycles. The average molecular weight is 415 g/mol. The summed E-state index contributed by atoms with van der Waals surface area (Å²) >= 11 is 6.03. The number of esters is 1. The van der Waals surface area contributed by atoms with E-state index in [1.165, 1.54) is 22.9 Å². The molecule has 2 aromatic carbocycles. The monoisotopic (exact) mass is 414 g/mol. The highest BCUT2D eigenvalue weighted by atomic mass is 35.5. The van der Waals surface area contributed by atoms with Crippen molar-refractivity contribution in [2.75, 3.05) is 11.9 Å². The Bertz CT molecular complexity index is 1100. The Kier molecular flexibility index (Phi) is 5.89. The molecule has 10 heteroatoms. The number of rotatable bonds is 6. The number of carbonyl (C=O) groups is 2. The van der Waals surface area contributed by atoms with Gasteiger partial charge in [0.25, 0.3) is 11.6 Å². The van der Waals surface area contributed by atoms with Gasteiger partial charge in [0.15, 0.2) is 5.69 Å². The van der Waals surface area contributed by atoms with Crippen molar-refractivity contribution < 1.29 is 19.2 Å². The van der Waals surface area contributed by atoms with E-state index in [0.717, 1.165) is 6.07 Å². The van der Waals surface area contributed by atoms with Gasteiger partial charge in [-0.05, 0) is 31.2 Å². The highest BCUT2D eigenvalue weighted by Gasteiger charge is 2.17. The number of nitrogens with zero attached hydrogens (tertiary/aromatic N) is 3. The molecule has 0 saturated carbocycles. The minimum Gasteiger partial charge on any atom is -0.461 e. The van der Waals surface area contributed by atoms with Crippen molar-refractivity contribution in [2.45, 2.75) is 6.92 Å². The van der Waals surface area contributed by atoms with Crippen molar-refractivity contribution in [3.63, 3.8) is 0 Å². The van der Waals surface area contributed by atoms with Gasteiger partial charge in [0, 0.05) is 18.3 Å². The molecule has 0 atom stereocenters. The summed E-state index contributed by atoms with van der Waals surface area (Å²) in [6.07, 6.45) is 1.57. The molecule has 0 aliphatic carbocycles. The zero-order chi connectivity index (χ0) is 21.0. The fraction of sp³-hybridized carbons (Fsp3) is 0.105. The first kappa shape index (κ1) is 20.0. The topological polar surface area (TPSA) is 116 Å². The number of para-hydroxylation sites is 2. The third kappa shape index (κ3) is 4.41. The molecule has 148 valence electrons. The second-order valence-electron chi connectivity index (χ2n) is 5.76. The predicted molar refractivity (Wildman–Crippen MR) is 106 cm³/mol. The first-order chi connectivity index (χ1) is 13.9. The molecule has 0 aliphatic rings. The molecule has 3 rings (SSSR count). The molecule has 0 unspecified atom stereocenters. The normalized spacial score (nSPS) is 10.4. The van der Waals surface area contributed by atoms with Crippen LogP contribution in [0.25, 0.3) is 5.69 Å². The number of amides is 1. The summed E-state index contributed by atoms with van der Waals surface area (Å²) in [5.74, 6) is -1.10. The van der Waals surface area contributed by atoms with E-state index >= 15 is 0 Å². The molecular weight excluding hydrogens is 400 g/mol. The van der Waals surface area contributed by atoms with Crippen molar-refractivity contribution in [3.05, 3.63) is 81.1 Å². The SMILES string of the molecule is CCOC(=O)c1ccn(-c2ccccc2NC(=O)c2ccc([N+](=O)[O-])cc2Cl)n1. The van der Waals surface area contributed by atoms with Crippen LogP contribution in [0.5, 0.6) is 0 Å². The van der Waals surface area contributed by atoms with Gasteiger partial charge in [0.1, 0.15) is 0 Å². The van der Waals surface area contributed by atoms with Crippen LogP contribution in [0.1, 0.15) is 27.8 Å². The number of aromatic nitrogens is 2. The third-order valence-corrected chi connectivity index (χ3v) is 4.19. The molecule has 0 bridgehead atoms. The van der Waals surface area contributed by atoms with E-state index < -0.39 is 16.8 Å². The van der Waals surface area contributed by atoms with Gasteiger partial charge in [-0.15, -0.1) is 0 Å². The van der Waals surface area contributed by atoms with Crippen LogP contribution in [-0.4, -0.2) is 33.2 Å². The number of nitro groups is 1. The molecular formula is C19H15ClN4O5. The van der Waals surface area contributed by atoms with Gasteiger partial charge in [0.2, 0.25) is 0 Å². The number of benzene rings is 2. The molecule has 1 amide bonds. The van der Waals surface area contributed by atoms with E-state index in [-0.39, 0.29) is 28.6 Å². The maximum absolute atomic E-state index is 12.6. The minimum absolute atomic E-state index is 0.0436. The van der Waals surface area contributed by atoms with Crippen molar-refractivity contribution in [3.8, 4) is 5.69 Å². The molecule has 0 aliphatic heterocycles. The molecule has 9 nitrogen and oxygen atoms in total. The van der Waals surface area contributed by atoms with E-state index in [1.807, 2.05) is 0 Å². The third-order valence-electron chi connectivity index (χ3n) is 3.88. The lowest BCUT2D eigenvalue weighted by molar-refractivity contribution is -0.384. The lowest BCUT2D eigenvalue weighted by atomic mass is 10.2. The first-order valence-corrected chi connectivity index (χ1v) is 8.86. The summed E-state index contributed by atoms with van der Waals surface area (Å²) in [6, 6.07) is 11.9. The number of non-ortho nitro benzene ring substituents is 1. The van der Waals surface area contributed by atoms with E-state index in [0.29, 0.717) is 11.4 Å². The molecule has 3 aromatic rings. The van der Waals surface area contributed by atoms with Crippen LogP contribution in [0, 0.1) is 10.1 Å². The first-order valence-electron chi connectivity index (χ1n) is 8.48. The van der Waals surface area contributed by atoms with Crippen LogP contribution in [0.3, 0.4) is 0 Å². The van der Waals surface area contributed by atoms with Crippen LogP contribution < -0.4 is 5.32 Å². The lowest BCUT2D eigenvalue weighted by Crippen LogP contribution is -2.15. The summed E-state index contributed by atoms with van der Waals surface area (Å²) in [6.45, 7) is 1.93. The summed E-state index contributed by atoms with van der Waals surface area (Å²) in [4.78, 5) is 34.7. The number of nitro benzene ring substituents is 1. The molecule has 29 heavy (non-hydrogen) atoms. The number of hydrogen-bond donors (Lipinski definition) is 1. The Balaban J connectivity index is 1.87. The lowest BCUT2D eigenvalue weighted by Gasteiger charge is -2.11. The number of nitrogens with one attached hydrogen (secondary N) is 1. The average Bonchev–Trinajstić information content (AvgIpc) is 3.18. The Morgan fingerprint density at radius 2 is 2.00 bits per heavy atom. The Labute approximate surface area is 170 Å². The zero-order valence-electron chi connectivity index (χ0n) is 15.2.